The zero-order valence-electron chi connectivity index (χ0n) is 10.1. The standard InChI is InChI=1S/C13H14N2O2/c1-8-5-4-6-11(10(8)3)15-7-9(2)12(14-15)13(16)17/h4-7H,1-3H3,(H,16,17). The molecule has 17 heavy (non-hydrogen) atoms. The Morgan fingerprint density at radius 1 is 1.24 bits per heavy atom. The van der Waals surface area contributed by atoms with Crippen LogP contribution in [0.2, 0.25) is 0 Å². The third-order valence-corrected chi connectivity index (χ3v) is 2.92. The SMILES string of the molecule is Cc1cn(-c2cccc(C)c2C)nc1C(=O)O. The molecular weight excluding hydrogens is 216 g/mol. The van der Waals surface area contributed by atoms with Gasteiger partial charge in [0.2, 0.25) is 0 Å². The van der Waals surface area contributed by atoms with Gasteiger partial charge in [0.25, 0.3) is 0 Å². The molecule has 1 aromatic heterocycles. The lowest BCUT2D eigenvalue weighted by Gasteiger charge is -2.07. The number of carboxylic acid groups (broad SMARTS) is 1. The molecule has 0 spiro atoms. The van der Waals surface area contributed by atoms with Crippen LogP contribution < -0.4 is 0 Å². The third kappa shape index (κ3) is 1.93. The van der Waals surface area contributed by atoms with Gasteiger partial charge in [-0.25, -0.2) is 9.48 Å². The molecule has 0 atom stereocenters. The number of hydrogen-bond acceptors (Lipinski definition) is 2. The number of rotatable bonds is 2. The van der Waals surface area contributed by atoms with E-state index in [1.54, 1.807) is 17.8 Å². The van der Waals surface area contributed by atoms with E-state index in [0.29, 0.717) is 5.56 Å². The van der Waals surface area contributed by atoms with E-state index in [1.807, 2.05) is 32.0 Å². The van der Waals surface area contributed by atoms with Gasteiger partial charge in [0.05, 0.1) is 5.69 Å². The van der Waals surface area contributed by atoms with Gasteiger partial charge in [-0.15, -0.1) is 0 Å². The molecular formula is C13H14N2O2. The quantitative estimate of drug-likeness (QED) is 0.862. The van der Waals surface area contributed by atoms with Gasteiger partial charge < -0.3 is 5.11 Å². The summed E-state index contributed by atoms with van der Waals surface area (Å²) in [5.41, 5.74) is 3.95. The minimum atomic E-state index is -0.994. The Balaban J connectivity index is 2.58. The van der Waals surface area contributed by atoms with Gasteiger partial charge in [-0.1, -0.05) is 12.1 Å². The lowest BCUT2D eigenvalue weighted by Crippen LogP contribution is -2.03. The zero-order chi connectivity index (χ0) is 12.6. The van der Waals surface area contributed by atoms with E-state index in [0.717, 1.165) is 16.8 Å². The van der Waals surface area contributed by atoms with Crippen molar-refractivity contribution in [2.75, 3.05) is 0 Å². The monoisotopic (exact) mass is 230 g/mol. The van der Waals surface area contributed by atoms with Crippen molar-refractivity contribution in [1.29, 1.82) is 0 Å². The molecule has 88 valence electrons. The zero-order valence-corrected chi connectivity index (χ0v) is 10.1. The lowest BCUT2D eigenvalue weighted by atomic mass is 10.1. The number of carbonyl (C=O) groups is 1. The second-order valence-corrected chi connectivity index (χ2v) is 4.13. The first kappa shape index (κ1) is 11.4. The first-order valence-corrected chi connectivity index (χ1v) is 5.37. The summed E-state index contributed by atoms with van der Waals surface area (Å²) >= 11 is 0. The van der Waals surface area contributed by atoms with Crippen molar-refractivity contribution in [3.05, 3.63) is 46.8 Å². The summed E-state index contributed by atoms with van der Waals surface area (Å²) in [6.45, 7) is 5.77. The van der Waals surface area contributed by atoms with Crippen molar-refractivity contribution in [2.45, 2.75) is 20.8 Å². The Hall–Kier alpha value is -2.10. The number of carboxylic acids is 1. The van der Waals surface area contributed by atoms with E-state index in [4.69, 9.17) is 5.11 Å². The summed E-state index contributed by atoms with van der Waals surface area (Å²) in [5, 5.41) is 13.1. The maximum absolute atomic E-state index is 10.9. The molecule has 0 radical (unpaired) electrons. The highest BCUT2D eigenvalue weighted by atomic mass is 16.4. The molecule has 1 N–H and O–H groups in total. The molecule has 0 fully saturated rings. The highest BCUT2D eigenvalue weighted by molar-refractivity contribution is 5.86. The van der Waals surface area contributed by atoms with E-state index in [2.05, 4.69) is 5.10 Å². The molecule has 0 bridgehead atoms. The fraction of sp³-hybridized carbons (Fsp3) is 0.231. The summed E-state index contributed by atoms with van der Waals surface area (Å²) < 4.78 is 1.63. The van der Waals surface area contributed by atoms with Crippen LogP contribution in [0.5, 0.6) is 0 Å². The lowest BCUT2D eigenvalue weighted by molar-refractivity contribution is 0.0689. The Labute approximate surface area is 99.5 Å². The smallest absolute Gasteiger partial charge is 0.356 e. The summed E-state index contributed by atoms with van der Waals surface area (Å²) in [6.07, 6.45) is 1.74. The molecule has 4 nitrogen and oxygen atoms in total. The Morgan fingerprint density at radius 3 is 2.53 bits per heavy atom. The van der Waals surface area contributed by atoms with Crippen molar-refractivity contribution in [3.8, 4) is 5.69 Å². The molecule has 0 saturated heterocycles. The number of aromatic nitrogens is 2. The Kier molecular flexibility index (Phi) is 2.71. The summed E-state index contributed by atoms with van der Waals surface area (Å²) in [5.74, 6) is -0.994. The first-order valence-electron chi connectivity index (χ1n) is 5.37. The van der Waals surface area contributed by atoms with E-state index in [-0.39, 0.29) is 5.69 Å². The topological polar surface area (TPSA) is 55.1 Å². The Bertz CT molecular complexity index is 585. The van der Waals surface area contributed by atoms with Crippen LogP contribution in [0.15, 0.2) is 24.4 Å². The van der Waals surface area contributed by atoms with Gasteiger partial charge >= 0.3 is 5.97 Å². The van der Waals surface area contributed by atoms with Crippen LogP contribution in [0.4, 0.5) is 0 Å². The van der Waals surface area contributed by atoms with Crippen LogP contribution in [-0.2, 0) is 0 Å². The summed E-state index contributed by atoms with van der Waals surface area (Å²) in [4.78, 5) is 10.9. The van der Waals surface area contributed by atoms with Crippen LogP contribution in [-0.4, -0.2) is 20.9 Å². The molecule has 0 aliphatic rings. The number of hydrogen-bond donors (Lipinski definition) is 1. The maximum atomic E-state index is 10.9. The van der Waals surface area contributed by atoms with Crippen LogP contribution in [0.3, 0.4) is 0 Å². The Morgan fingerprint density at radius 2 is 1.94 bits per heavy atom. The second kappa shape index (κ2) is 4.05. The van der Waals surface area contributed by atoms with Gasteiger partial charge in [0.15, 0.2) is 5.69 Å². The number of nitrogens with zero attached hydrogens (tertiary/aromatic N) is 2. The molecule has 0 saturated carbocycles. The number of benzene rings is 1. The molecule has 0 aliphatic carbocycles. The van der Waals surface area contributed by atoms with Gasteiger partial charge in [-0.2, -0.15) is 5.10 Å². The molecule has 4 heteroatoms. The molecule has 0 unspecified atom stereocenters. The van der Waals surface area contributed by atoms with Gasteiger partial charge in [0.1, 0.15) is 0 Å². The van der Waals surface area contributed by atoms with Crippen molar-refractivity contribution < 1.29 is 9.90 Å². The fourth-order valence-electron chi connectivity index (χ4n) is 1.78. The first-order chi connectivity index (χ1) is 8.00. The molecule has 1 heterocycles. The molecule has 2 aromatic rings. The maximum Gasteiger partial charge on any atom is 0.356 e. The summed E-state index contributed by atoms with van der Waals surface area (Å²) in [6, 6.07) is 5.89. The van der Waals surface area contributed by atoms with Crippen LogP contribution in [0, 0.1) is 20.8 Å². The van der Waals surface area contributed by atoms with Crippen molar-refractivity contribution in [1.82, 2.24) is 9.78 Å². The van der Waals surface area contributed by atoms with Gasteiger partial charge in [-0.05, 0) is 38.0 Å². The largest absolute Gasteiger partial charge is 0.476 e. The van der Waals surface area contributed by atoms with E-state index < -0.39 is 5.97 Å². The highest BCUT2D eigenvalue weighted by Crippen LogP contribution is 2.18. The normalized spacial score (nSPS) is 10.5. The average molecular weight is 230 g/mol. The molecule has 0 amide bonds. The van der Waals surface area contributed by atoms with E-state index >= 15 is 0 Å². The highest BCUT2D eigenvalue weighted by Gasteiger charge is 2.14. The van der Waals surface area contributed by atoms with Crippen LogP contribution >= 0.6 is 0 Å². The van der Waals surface area contributed by atoms with E-state index in [1.165, 1.54) is 0 Å². The van der Waals surface area contributed by atoms with Crippen LogP contribution in [0.1, 0.15) is 27.2 Å². The van der Waals surface area contributed by atoms with Gasteiger partial charge in [0, 0.05) is 11.8 Å². The molecule has 0 aliphatic heterocycles. The third-order valence-electron chi connectivity index (χ3n) is 2.92. The minimum absolute atomic E-state index is 0.103. The predicted molar refractivity (Wildman–Crippen MR) is 64.7 cm³/mol. The fourth-order valence-corrected chi connectivity index (χ4v) is 1.78. The van der Waals surface area contributed by atoms with Gasteiger partial charge in [-0.3, -0.25) is 0 Å². The predicted octanol–water partition coefficient (Wildman–Crippen LogP) is 2.50. The van der Waals surface area contributed by atoms with Crippen LogP contribution in [0.25, 0.3) is 5.69 Å². The summed E-state index contributed by atoms with van der Waals surface area (Å²) in [7, 11) is 0. The van der Waals surface area contributed by atoms with Crippen molar-refractivity contribution in [3.63, 3.8) is 0 Å². The average Bonchev–Trinajstić information content (AvgIpc) is 2.64. The molecule has 2 rings (SSSR count). The molecule has 1 aromatic carbocycles. The second-order valence-electron chi connectivity index (χ2n) is 4.13. The number of aryl methyl sites for hydroxylation is 2. The van der Waals surface area contributed by atoms with Crippen molar-refractivity contribution in [2.24, 2.45) is 0 Å². The number of aromatic carboxylic acids is 1. The van der Waals surface area contributed by atoms with E-state index in [9.17, 15) is 4.79 Å². The van der Waals surface area contributed by atoms with Crippen molar-refractivity contribution >= 4 is 5.97 Å². The minimum Gasteiger partial charge on any atom is -0.476 e.